The van der Waals surface area contributed by atoms with E-state index in [-0.39, 0.29) is 12.6 Å². The predicted molar refractivity (Wildman–Crippen MR) is 66.7 cm³/mol. The molecule has 2 amide bonds. The second-order valence-corrected chi connectivity index (χ2v) is 5.09. The molecule has 0 bridgehead atoms. The lowest BCUT2D eigenvalue weighted by atomic mass is 10.0. The molecule has 9 heteroatoms. The van der Waals surface area contributed by atoms with Crippen molar-refractivity contribution in [1.82, 2.24) is 25.0 Å². The average molecular weight is 283 g/mol. The lowest BCUT2D eigenvalue weighted by molar-refractivity contribution is -0.141. The zero-order chi connectivity index (χ0) is 14.8. The molecule has 2 rings (SSSR count). The highest BCUT2D eigenvalue weighted by Gasteiger charge is 2.27. The van der Waals surface area contributed by atoms with Crippen molar-refractivity contribution >= 4 is 12.0 Å². The van der Waals surface area contributed by atoms with Crippen LogP contribution in [0.4, 0.5) is 4.79 Å². The molecule has 20 heavy (non-hydrogen) atoms. The summed E-state index contributed by atoms with van der Waals surface area (Å²) >= 11 is 0. The van der Waals surface area contributed by atoms with Gasteiger partial charge in [0.15, 0.2) is 5.82 Å². The first-order valence-corrected chi connectivity index (χ1v) is 6.21. The van der Waals surface area contributed by atoms with Gasteiger partial charge >= 0.3 is 12.0 Å². The van der Waals surface area contributed by atoms with E-state index in [9.17, 15) is 14.7 Å². The van der Waals surface area contributed by atoms with Crippen LogP contribution in [-0.4, -0.2) is 60.6 Å². The SMILES string of the molecule is CC(O)(CNC(=O)N1CCn2cnnc2C1)CC(=O)O. The highest BCUT2D eigenvalue weighted by Crippen LogP contribution is 2.11. The summed E-state index contributed by atoms with van der Waals surface area (Å²) in [7, 11) is 0. The van der Waals surface area contributed by atoms with E-state index in [1.165, 1.54) is 6.92 Å². The van der Waals surface area contributed by atoms with Crippen molar-refractivity contribution < 1.29 is 19.8 Å². The number of aliphatic hydroxyl groups is 1. The van der Waals surface area contributed by atoms with Crippen LogP contribution in [0.15, 0.2) is 6.33 Å². The first kappa shape index (κ1) is 14.3. The Morgan fingerprint density at radius 1 is 1.50 bits per heavy atom. The van der Waals surface area contributed by atoms with Crippen LogP contribution in [0.1, 0.15) is 19.2 Å². The van der Waals surface area contributed by atoms with Gasteiger partial charge in [-0.25, -0.2) is 4.79 Å². The molecule has 9 nitrogen and oxygen atoms in total. The van der Waals surface area contributed by atoms with Crippen molar-refractivity contribution in [2.24, 2.45) is 0 Å². The minimum atomic E-state index is -1.47. The second kappa shape index (κ2) is 5.45. The number of amides is 2. The molecule has 0 spiro atoms. The van der Waals surface area contributed by atoms with Gasteiger partial charge in [0.1, 0.15) is 6.33 Å². The van der Waals surface area contributed by atoms with Gasteiger partial charge < -0.3 is 25.0 Å². The van der Waals surface area contributed by atoms with Gasteiger partial charge in [-0.15, -0.1) is 10.2 Å². The smallest absolute Gasteiger partial charge is 0.317 e. The number of nitrogens with zero attached hydrogens (tertiary/aromatic N) is 4. The molecule has 1 atom stereocenters. The first-order valence-electron chi connectivity index (χ1n) is 6.21. The fourth-order valence-corrected chi connectivity index (χ4v) is 2.01. The molecule has 0 aromatic carbocycles. The van der Waals surface area contributed by atoms with Crippen LogP contribution < -0.4 is 5.32 Å². The fraction of sp³-hybridized carbons (Fsp3) is 0.636. The van der Waals surface area contributed by atoms with Crippen LogP contribution in [-0.2, 0) is 17.9 Å². The number of aliphatic carboxylic acids is 1. The van der Waals surface area contributed by atoms with E-state index in [1.807, 2.05) is 4.57 Å². The summed E-state index contributed by atoms with van der Waals surface area (Å²) in [6.45, 7) is 2.71. The molecule has 0 saturated carbocycles. The van der Waals surface area contributed by atoms with Crippen LogP contribution in [0.25, 0.3) is 0 Å². The molecule has 2 heterocycles. The van der Waals surface area contributed by atoms with Crippen molar-refractivity contribution in [1.29, 1.82) is 0 Å². The summed E-state index contributed by atoms with van der Waals surface area (Å²) in [4.78, 5) is 24.1. The first-order chi connectivity index (χ1) is 9.37. The lowest BCUT2D eigenvalue weighted by Crippen LogP contribution is -2.49. The number of aromatic nitrogens is 3. The zero-order valence-electron chi connectivity index (χ0n) is 11.1. The van der Waals surface area contributed by atoms with Crippen molar-refractivity contribution in [3.8, 4) is 0 Å². The van der Waals surface area contributed by atoms with Gasteiger partial charge in [-0.3, -0.25) is 4.79 Å². The summed E-state index contributed by atoms with van der Waals surface area (Å²) in [6.07, 6.45) is 1.18. The van der Waals surface area contributed by atoms with Crippen LogP contribution in [0.5, 0.6) is 0 Å². The number of carboxylic acid groups (broad SMARTS) is 1. The van der Waals surface area contributed by atoms with E-state index < -0.39 is 18.0 Å². The van der Waals surface area contributed by atoms with Gasteiger partial charge in [-0.05, 0) is 6.92 Å². The summed E-state index contributed by atoms with van der Waals surface area (Å²) in [5, 5.41) is 28.7. The van der Waals surface area contributed by atoms with Gasteiger partial charge in [0.25, 0.3) is 0 Å². The molecule has 0 aliphatic carbocycles. The van der Waals surface area contributed by atoms with Crippen LogP contribution in [0.2, 0.25) is 0 Å². The molecule has 1 unspecified atom stereocenters. The van der Waals surface area contributed by atoms with Gasteiger partial charge in [-0.1, -0.05) is 0 Å². The van der Waals surface area contributed by atoms with Gasteiger partial charge in [0, 0.05) is 19.6 Å². The maximum Gasteiger partial charge on any atom is 0.317 e. The molecular formula is C11H17N5O4. The highest BCUT2D eigenvalue weighted by molar-refractivity contribution is 5.74. The fourth-order valence-electron chi connectivity index (χ4n) is 2.01. The summed E-state index contributed by atoms with van der Waals surface area (Å²) < 4.78 is 1.87. The number of hydrogen-bond donors (Lipinski definition) is 3. The molecule has 1 aliphatic heterocycles. The zero-order valence-corrected chi connectivity index (χ0v) is 11.1. The third-order valence-electron chi connectivity index (χ3n) is 3.08. The van der Waals surface area contributed by atoms with Gasteiger partial charge in [0.2, 0.25) is 0 Å². The van der Waals surface area contributed by atoms with Crippen molar-refractivity contribution in [3.63, 3.8) is 0 Å². The van der Waals surface area contributed by atoms with E-state index in [2.05, 4.69) is 15.5 Å². The third-order valence-corrected chi connectivity index (χ3v) is 3.08. The second-order valence-electron chi connectivity index (χ2n) is 5.09. The van der Waals surface area contributed by atoms with Crippen molar-refractivity contribution in [2.75, 3.05) is 13.1 Å². The number of carboxylic acids is 1. The molecule has 3 N–H and O–H groups in total. The lowest BCUT2D eigenvalue weighted by Gasteiger charge is -2.29. The standard InChI is InChI=1S/C11H17N5O4/c1-11(20,4-9(17)18)6-12-10(19)15-2-3-16-7-13-14-8(16)5-15/h7,20H,2-6H2,1H3,(H,12,19)(H,17,18). The van der Waals surface area contributed by atoms with E-state index >= 15 is 0 Å². The Labute approximate surface area is 115 Å². The summed E-state index contributed by atoms with van der Waals surface area (Å²) in [6, 6.07) is -0.357. The van der Waals surface area contributed by atoms with Gasteiger partial charge in [0.05, 0.1) is 18.6 Å². The maximum absolute atomic E-state index is 12.0. The Morgan fingerprint density at radius 2 is 2.25 bits per heavy atom. The third kappa shape index (κ3) is 3.44. The van der Waals surface area contributed by atoms with E-state index in [0.29, 0.717) is 25.5 Å². The molecule has 110 valence electrons. The number of rotatable bonds is 4. The predicted octanol–water partition coefficient (Wildman–Crippen LogP) is -0.971. The Morgan fingerprint density at radius 3 is 2.95 bits per heavy atom. The molecule has 1 aromatic rings. The number of urea groups is 1. The van der Waals surface area contributed by atoms with Gasteiger partial charge in [-0.2, -0.15) is 0 Å². The summed E-state index contributed by atoms with van der Waals surface area (Å²) in [5.74, 6) is -0.418. The normalized spacial score (nSPS) is 17.2. The van der Waals surface area contributed by atoms with Crippen LogP contribution >= 0.6 is 0 Å². The average Bonchev–Trinajstić information content (AvgIpc) is 2.81. The monoisotopic (exact) mass is 283 g/mol. The van der Waals surface area contributed by atoms with Crippen molar-refractivity contribution in [2.45, 2.75) is 32.0 Å². The van der Waals surface area contributed by atoms with E-state index in [1.54, 1.807) is 11.2 Å². The molecule has 1 aromatic heterocycles. The Kier molecular flexibility index (Phi) is 3.89. The topological polar surface area (TPSA) is 121 Å². The number of nitrogens with one attached hydrogen (secondary N) is 1. The van der Waals surface area contributed by atoms with Crippen LogP contribution in [0.3, 0.4) is 0 Å². The Hall–Kier alpha value is -2.16. The maximum atomic E-state index is 12.0. The molecule has 0 saturated heterocycles. The number of carbonyl (C=O) groups excluding carboxylic acids is 1. The van der Waals surface area contributed by atoms with Crippen LogP contribution in [0, 0.1) is 0 Å². The minimum Gasteiger partial charge on any atom is -0.481 e. The number of hydrogen-bond acceptors (Lipinski definition) is 5. The Balaban J connectivity index is 1.86. The number of carbonyl (C=O) groups is 2. The quantitative estimate of drug-likeness (QED) is 0.653. The minimum absolute atomic E-state index is 0.124. The number of fused-ring (bicyclic) bond motifs is 1. The van der Waals surface area contributed by atoms with E-state index in [0.717, 1.165) is 0 Å². The van der Waals surface area contributed by atoms with E-state index in [4.69, 9.17) is 5.11 Å². The van der Waals surface area contributed by atoms with Crippen molar-refractivity contribution in [3.05, 3.63) is 12.2 Å². The molecule has 0 radical (unpaired) electrons. The molecule has 0 fully saturated rings. The Bertz CT molecular complexity index is 513. The largest absolute Gasteiger partial charge is 0.481 e. The molecular weight excluding hydrogens is 266 g/mol. The molecule has 1 aliphatic rings. The summed E-state index contributed by atoms with van der Waals surface area (Å²) in [5.41, 5.74) is -1.47. The highest BCUT2D eigenvalue weighted by atomic mass is 16.4.